The standard InChI is InChI=1S/C21H37N5O/c1-3-22-21(23-17-19-9-5-4-6-10-19)26-15-13-24(14-16-26)18(2)20(27)25-11-7-8-12-25/h4-5,18-19H,3,6-17H2,1-2H3,(H,22,23). The van der Waals surface area contributed by atoms with Gasteiger partial charge in [0, 0.05) is 52.4 Å². The van der Waals surface area contributed by atoms with Crippen LogP contribution in [-0.4, -0.2) is 85.0 Å². The molecular weight excluding hydrogens is 338 g/mol. The van der Waals surface area contributed by atoms with Crippen LogP contribution >= 0.6 is 0 Å². The van der Waals surface area contributed by atoms with E-state index >= 15 is 0 Å². The molecule has 27 heavy (non-hydrogen) atoms. The van der Waals surface area contributed by atoms with Crippen molar-refractivity contribution in [2.75, 3.05) is 52.4 Å². The summed E-state index contributed by atoms with van der Waals surface area (Å²) in [4.78, 5) is 24.4. The summed E-state index contributed by atoms with van der Waals surface area (Å²) in [5.41, 5.74) is 0. The lowest BCUT2D eigenvalue weighted by molar-refractivity contribution is -0.135. The average molecular weight is 376 g/mol. The van der Waals surface area contributed by atoms with Crippen LogP contribution in [0.25, 0.3) is 0 Å². The van der Waals surface area contributed by atoms with Gasteiger partial charge in [0.15, 0.2) is 5.96 Å². The van der Waals surface area contributed by atoms with Crippen LogP contribution in [0.4, 0.5) is 0 Å². The Morgan fingerprint density at radius 3 is 2.48 bits per heavy atom. The number of amides is 1. The van der Waals surface area contributed by atoms with Gasteiger partial charge in [0.1, 0.15) is 0 Å². The van der Waals surface area contributed by atoms with Crippen LogP contribution in [-0.2, 0) is 4.79 Å². The van der Waals surface area contributed by atoms with Gasteiger partial charge >= 0.3 is 0 Å². The van der Waals surface area contributed by atoms with E-state index in [1.165, 1.54) is 12.8 Å². The molecule has 0 bridgehead atoms. The number of hydrogen-bond acceptors (Lipinski definition) is 3. The third kappa shape index (κ3) is 5.47. The van der Waals surface area contributed by atoms with E-state index in [0.29, 0.717) is 11.8 Å². The second kappa shape index (κ2) is 10.1. The van der Waals surface area contributed by atoms with Crippen LogP contribution < -0.4 is 5.32 Å². The van der Waals surface area contributed by atoms with Crippen LogP contribution in [0.1, 0.15) is 46.0 Å². The average Bonchev–Trinajstić information content (AvgIpc) is 3.26. The first kappa shape index (κ1) is 20.2. The van der Waals surface area contributed by atoms with Crippen molar-refractivity contribution in [2.24, 2.45) is 10.9 Å². The topological polar surface area (TPSA) is 51.2 Å². The zero-order chi connectivity index (χ0) is 19.1. The van der Waals surface area contributed by atoms with Crippen molar-refractivity contribution in [1.82, 2.24) is 20.0 Å². The highest BCUT2D eigenvalue weighted by Gasteiger charge is 2.30. The normalized spacial score (nSPS) is 25.7. The first-order valence-corrected chi connectivity index (χ1v) is 10.9. The second-order valence-corrected chi connectivity index (χ2v) is 8.08. The Morgan fingerprint density at radius 1 is 1.11 bits per heavy atom. The fraction of sp³-hybridized carbons (Fsp3) is 0.810. The zero-order valence-electron chi connectivity index (χ0n) is 17.2. The Labute approximate surface area is 164 Å². The van der Waals surface area contributed by atoms with E-state index in [9.17, 15) is 4.79 Å². The molecule has 1 aliphatic carbocycles. The number of nitrogens with zero attached hydrogens (tertiary/aromatic N) is 4. The molecule has 0 aromatic carbocycles. The van der Waals surface area contributed by atoms with Gasteiger partial charge in [0.25, 0.3) is 0 Å². The number of carbonyl (C=O) groups is 1. The highest BCUT2D eigenvalue weighted by Crippen LogP contribution is 2.18. The second-order valence-electron chi connectivity index (χ2n) is 8.08. The minimum absolute atomic E-state index is 0.00111. The van der Waals surface area contributed by atoms with E-state index in [1.54, 1.807) is 0 Å². The summed E-state index contributed by atoms with van der Waals surface area (Å²) in [5, 5.41) is 3.47. The molecule has 2 saturated heterocycles. The van der Waals surface area contributed by atoms with Gasteiger partial charge in [-0.1, -0.05) is 12.2 Å². The molecule has 0 radical (unpaired) electrons. The molecule has 0 aromatic rings. The zero-order valence-corrected chi connectivity index (χ0v) is 17.2. The van der Waals surface area contributed by atoms with E-state index in [2.05, 4.69) is 41.1 Å². The van der Waals surface area contributed by atoms with E-state index in [4.69, 9.17) is 4.99 Å². The summed E-state index contributed by atoms with van der Waals surface area (Å²) >= 11 is 0. The number of likely N-dealkylation sites (tertiary alicyclic amines) is 1. The summed E-state index contributed by atoms with van der Waals surface area (Å²) < 4.78 is 0. The molecule has 3 rings (SSSR count). The number of piperazine rings is 1. The quantitative estimate of drug-likeness (QED) is 0.453. The van der Waals surface area contributed by atoms with Crippen LogP contribution in [0.2, 0.25) is 0 Å². The molecule has 2 fully saturated rings. The first-order valence-electron chi connectivity index (χ1n) is 10.9. The van der Waals surface area contributed by atoms with Gasteiger partial charge in [-0.05, 0) is 51.9 Å². The fourth-order valence-electron chi connectivity index (χ4n) is 4.34. The third-order valence-corrected chi connectivity index (χ3v) is 6.15. The van der Waals surface area contributed by atoms with E-state index in [1.807, 2.05) is 4.90 Å². The van der Waals surface area contributed by atoms with Gasteiger partial charge < -0.3 is 15.1 Å². The molecule has 2 aliphatic heterocycles. The highest BCUT2D eigenvalue weighted by atomic mass is 16.2. The fourth-order valence-corrected chi connectivity index (χ4v) is 4.34. The lowest BCUT2D eigenvalue weighted by Crippen LogP contribution is -2.57. The maximum atomic E-state index is 12.7. The predicted octanol–water partition coefficient (Wildman–Crippen LogP) is 1.94. The lowest BCUT2D eigenvalue weighted by Gasteiger charge is -2.39. The molecule has 1 N–H and O–H groups in total. The molecule has 0 aromatic heterocycles. The summed E-state index contributed by atoms with van der Waals surface area (Å²) in [5.74, 6) is 2.04. The predicted molar refractivity (Wildman–Crippen MR) is 111 cm³/mol. The van der Waals surface area contributed by atoms with Gasteiger partial charge in [-0.2, -0.15) is 0 Å². The number of nitrogens with one attached hydrogen (secondary N) is 1. The van der Waals surface area contributed by atoms with Crippen molar-refractivity contribution in [3.63, 3.8) is 0 Å². The van der Waals surface area contributed by atoms with Crippen LogP contribution in [0.3, 0.4) is 0 Å². The number of aliphatic imine (C=N–C) groups is 1. The highest BCUT2D eigenvalue weighted by molar-refractivity contribution is 5.82. The number of allylic oxidation sites excluding steroid dienone is 2. The van der Waals surface area contributed by atoms with Crippen molar-refractivity contribution < 1.29 is 4.79 Å². The van der Waals surface area contributed by atoms with Crippen molar-refractivity contribution in [2.45, 2.75) is 52.0 Å². The molecule has 3 aliphatic rings. The molecule has 152 valence electrons. The maximum Gasteiger partial charge on any atom is 0.239 e. The van der Waals surface area contributed by atoms with Gasteiger partial charge in [0.2, 0.25) is 5.91 Å². The molecule has 2 heterocycles. The number of hydrogen-bond donors (Lipinski definition) is 1. The monoisotopic (exact) mass is 375 g/mol. The maximum absolute atomic E-state index is 12.7. The smallest absolute Gasteiger partial charge is 0.239 e. The Bertz CT molecular complexity index is 533. The van der Waals surface area contributed by atoms with Crippen molar-refractivity contribution in [1.29, 1.82) is 0 Å². The number of carbonyl (C=O) groups excluding carboxylic acids is 1. The Kier molecular flexibility index (Phi) is 7.56. The molecule has 6 heteroatoms. The molecule has 0 saturated carbocycles. The summed E-state index contributed by atoms with van der Waals surface area (Å²) in [6.07, 6.45) is 10.5. The molecular formula is C21H37N5O. The Hall–Kier alpha value is -1.56. The lowest BCUT2D eigenvalue weighted by atomic mass is 9.95. The van der Waals surface area contributed by atoms with E-state index in [-0.39, 0.29) is 6.04 Å². The van der Waals surface area contributed by atoms with Gasteiger partial charge in [-0.25, -0.2) is 0 Å². The summed E-state index contributed by atoms with van der Waals surface area (Å²) in [6.45, 7) is 11.6. The van der Waals surface area contributed by atoms with E-state index in [0.717, 1.165) is 77.6 Å². The molecule has 1 amide bonds. The number of guanidine groups is 1. The van der Waals surface area contributed by atoms with Crippen LogP contribution in [0.15, 0.2) is 17.1 Å². The van der Waals surface area contributed by atoms with Crippen molar-refractivity contribution in [3.8, 4) is 0 Å². The first-order chi connectivity index (χ1) is 13.2. The van der Waals surface area contributed by atoms with Crippen LogP contribution in [0.5, 0.6) is 0 Å². The van der Waals surface area contributed by atoms with Crippen LogP contribution in [0, 0.1) is 5.92 Å². The molecule has 2 atom stereocenters. The Morgan fingerprint density at radius 2 is 1.85 bits per heavy atom. The third-order valence-electron chi connectivity index (χ3n) is 6.15. The van der Waals surface area contributed by atoms with Crippen molar-refractivity contribution >= 4 is 11.9 Å². The van der Waals surface area contributed by atoms with Gasteiger partial charge in [0.05, 0.1) is 6.04 Å². The minimum atomic E-state index is -0.00111. The summed E-state index contributed by atoms with van der Waals surface area (Å²) in [7, 11) is 0. The van der Waals surface area contributed by atoms with Gasteiger partial charge in [-0.3, -0.25) is 14.7 Å². The minimum Gasteiger partial charge on any atom is -0.357 e. The summed E-state index contributed by atoms with van der Waals surface area (Å²) in [6, 6.07) is -0.00111. The largest absolute Gasteiger partial charge is 0.357 e. The molecule has 6 nitrogen and oxygen atoms in total. The van der Waals surface area contributed by atoms with Gasteiger partial charge in [-0.15, -0.1) is 0 Å². The van der Waals surface area contributed by atoms with Crippen molar-refractivity contribution in [3.05, 3.63) is 12.2 Å². The SMILES string of the molecule is CCNC(=NCC1CC=CCC1)N1CCN(C(C)C(=O)N2CCCC2)CC1. The Balaban J connectivity index is 1.50. The molecule has 2 unspecified atom stereocenters. The number of rotatable bonds is 5. The van der Waals surface area contributed by atoms with E-state index < -0.39 is 0 Å². The molecule has 0 spiro atoms.